The van der Waals surface area contributed by atoms with E-state index < -0.39 is 0 Å². The number of allylic oxidation sites excluding steroid dienone is 4. The molecule has 0 aliphatic heterocycles. The summed E-state index contributed by atoms with van der Waals surface area (Å²) in [6.45, 7) is 4.49. The van der Waals surface area contributed by atoms with Gasteiger partial charge in [-0.2, -0.15) is 6.08 Å². The first kappa shape index (κ1) is 24.3. The van der Waals surface area contributed by atoms with E-state index in [9.17, 15) is 0 Å². The molecule has 0 saturated carbocycles. The molecule has 81 valence electrons. The van der Waals surface area contributed by atoms with E-state index in [1.165, 1.54) is 18.4 Å². The molecular weight excluding hydrogens is 277 g/mol. The normalized spacial score (nSPS) is 11.8. The van der Waals surface area contributed by atoms with E-state index in [0.717, 1.165) is 12.3 Å². The van der Waals surface area contributed by atoms with Crippen LogP contribution in [0.1, 0.15) is 33.1 Å². The zero-order chi connectivity index (χ0) is 7.40. The zero-order valence-corrected chi connectivity index (χ0v) is 12.1. The summed E-state index contributed by atoms with van der Waals surface area (Å²) in [5.41, 5.74) is 1.44. The molecule has 0 spiro atoms. The monoisotopic (exact) mass is 291 g/mol. The van der Waals surface area contributed by atoms with E-state index in [0.29, 0.717) is 0 Å². The second-order valence-corrected chi connectivity index (χ2v) is 2.75. The van der Waals surface area contributed by atoms with Crippen LogP contribution in [0.4, 0.5) is 0 Å². The van der Waals surface area contributed by atoms with E-state index in [1.807, 2.05) is 0 Å². The summed E-state index contributed by atoms with van der Waals surface area (Å²) in [6.07, 6.45) is 11.3. The van der Waals surface area contributed by atoms with Crippen molar-refractivity contribution in [3.05, 3.63) is 23.8 Å². The summed E-state index contributed by atoms with van der Waals surface area (Å²) >= 11 is 0. The largest absolute Gasteiger partial charge is 4.00 e. The van der Waals surface area contributed by atoms with Gasteiger partial charge in [0, 0.05) is 0 Å². The van der Waals surface area contributed by atoms with Crippen LogP contribution in [0.2, 0.25) is 0 Å². The molecule has 1 aliphatic rings. The van der Waals surface area contributed by atoms with Crippen molar-refractivity contribution in [3.63, 3.8) is 0 Å². The fourth-order valence-corrected chi connectivity index (χ4v) is 1.43. The first-order valence-corrected chi connectivity index (χ1v) is 4.15. The molecule has 0 atom stereocenters. The maximum absolute atomic E-state index is 3.36. The third-order valence-corrected chi connectivity index (χ3v) is 2.15. The minimum absolute atomic E-state index is 0. The molecule has 0 nitrogen and oxygen atoms in total. The Kier molecular flexibility index (Phi) is 24.1. The fraction of sp³-hybridized carbons (Fsp3) is 0.600. The van der Waals surface area contributed by atoms with Gasteiger partial charge in [-0.05, 0) is 0 Å². The van der Waals surface area contributed by atoms with Gasteiger partial charge in [0.1, 0.15) is 0 Å². The topological polar surface area (TPSA) is 0 Å². The van der Waals surface area contributed by atoms with Crippen LogP contribution in [0, 0.1) is 12.0 Å². The van der Waals surface area contributed by atoms with Crippen molar-refractivity contribution in [1.82, 2.24) is 0 Å². The zero-order valence-electron chi connectivity index (χ0n) is 8.43. The fourth-order valence-electron chi connectivity index (χ4n) is 1.43. The molecule has 1 aliphatic carbocycles. The predicted molar refractivity (Wildman–Crippen MR) is 44.6 cm³/mol. The Balaban J connectivity index is -0.000000125. The third-order valence-electron chi connectivity index (χ3n) is 2.15. The van der Waals surface area contributed by atoms with Gasteiger partial charge in [-0.25, -0.2) is 11.6 Å². The summed E-state index contributed by atoms with van der Waals surface area (Å²) in [4.78, 5) is 0. The van der Waals surface area contributed by atoms with Crippen molar-refractivity contribution < 1.29 is 55.8 Å². The van der Waals surface area contributed by atoms with Gasteiger partial charge in [-0.15, -0.1) is 6.42 Å². The molecule has 0 aromatic heterocycles. The number of hydrogen-bond donors (Lipinski definition) is 0. The van der Waals surface area contributed by atoms with E-state index in [4.69, 9.17) is 0 Å². The number of halogens is 3. The van der Waals surface area contributed by atoms with Crippen LogP contribution >= 0.6 is 0 Å². The Bertz CT molecular complexity index is 163. The molecule has 0 heterocycles. The van der Waals surface area contributed by atoms with Crippen LogP contribution < -0.4 is 37.2 Å². The van der Waals surface area contributed by atoms with E-state index in [-0.39, 0.29) is 55.8 Å². The minimum Gasteiger partial charge on any atom is -1.00 e. The molecule has 0 N–H and O–H groups in total. The van der Waals surface area contributed by atoms with Gasteiger partial charge in [-0.1, -0.05) is 32.6 Å². The summed E-state index contributed by atoms with van der Waals surface area (Å²) < 4.78 is 0. The Morgan fingerprint density at radius 1 is 1.21 bits per heavy atom. The molecule has 0 bridgehead atoms. The van der Waals surface area contributed by atoms with Crippen LogP contribution in [0.3, 0.4) is 0 Å². The van der Waals surface area contributed by atoms with E-state index >= 15 is 0 Å². The van der Waals surface area contributed by atoms with Crippen LogP contribution in [0.15, 0.2) is 17.7 Å². The van der Waals surface area contributed by atoms with Gasteiger partial charge >= 0.3 is 18.6 Å². The first-order chi connectivity index (χ1) is 4.88. The van der Waals surface area contributed by atoms with Gasteiger partial charge in [0.25, 0.3) is 0 Å². The Labute approximate surface area is 118 Å². The van der Waals surface area contributed by atoms with Crippen molar-refractivity contribution in [2.75, 3.05) is 0 Å². The van der Waals surface area contributed by atoms with Crippen LogP contribution in [0.25, 0.3) is 0 Å². The minimum atomic E-state index is 0. The predicted octanol–water partition coefficient (Wildman–Crippen LogP) is -5.88. The van der Waals surface area contributed by atoms with Crippen molar-refractivity contribution in [2.45, 2.75) is 33.1 Å². The van der Waals surface area contributed by atoms with Crippen molar-refractivity contribution in [2.24, 2.45) is 5.92 Å². The Morgan fingerprint density at radius 3 is 2.00 bits per heavy atom. The average molecular weight is 293 g/mol. The molecule has 0 amide bonds. The quantitative estimate of drug-likeness (QED) is 0.455. The van der Waals surface area contributed by atoms with Crippen molar-refractivity contribution >= 4 is 0 Å². The maximum atomic E-state index is 3.36. The smallest absolute Gasteiger partial charge is 1.00 e. The molecule has 1 radical (unpaired) electrons. The van der Waals surface area contributed by atoms with Gasteiger partial charge in [0.2, 0.25) is 0 Å². The van der Waals surface area contributed by atoms with Crippen molar-refractivity contribution in [3.8, 4) is 0 Å². The number of rotatable bonds is 3. The second kappa shape index (κ2) is 13.9. The molecule has 0 unspecified atom stereocenters. The third kappa shape index (κ3) is 7.26. The maximum Gasteiger partial charge on any atom is 4.00 e. The summed E-state index contributed by atoms with van der Waals surface area (Å²) in [6, 6.07) is 0. The molecule has 0 aromatic carbocycles. The molecule has 0 saturated heterocycles. The van der Waals surface area contributed by atoms with Gasteiger partial charge in [0.05, 0.1) is 0 Å². The summed E-state index contributed by atoms with van der Waals surface area (Å²) in [5.74, 6) is 0.763. The summed E-state index contributed by atoms with van der Waals surface area (Å²) in [7, 11) is 0. The Morgan fingerprint density at radius 2 is 1.71 bits per heavy atom. The standard InChI is InChI=1S/C10H15.3ClH.V/c1-3-9(4-2)10-7-5-6-8-10;;;;/h5,7,9H,3-4,6H2,1-2H3;3*1H;/q-1;;;;+4/p-3. The van der Waals surface area contributed by atoms with Gasteiger partial charge in [-0.3, -0.25) is 6.08 Å². The molecular formula is C10H15Cl3V. The van der Waals surface area contributed by atoms with E-state index in [1.54, 1.807) is 0 Å². The van der Waals surface area contributed by atoms with E-state index in [2.05, 4.69) is 32.1 Å². The molecule has 0 aromatic rings. The van der Waals surface area contributed by atoms with Gasteiger partial charge in [0.15, 0.2) is 0 Å². The summed E-state index contributed by atoms with van der Waals surface area (Å²) in [5, 5.41) is 0. The van der Waals surface area contributed by atoms with Gasteiger partial charge < -0.3 is 37.2 Å². The Hall–Kier alpha value is 0.934. The van der Waals surface area contributed by atoms with Crippen molar-refractivity contribution in [1.29, 1.82) is 0 Å². The van der Waals surface area contributed by atoms with Crippen LogP contribution in [0.5, 0.6) is 0 Å². The number of hydrogen-bond acceptors (Lipinski definition) is 0. The second-order valence-electron chi connectivity index (χ2n) is 2.75. The molecule has 0 fully saturated rings. The first-order valence-electron chi connectivity index (χ1n) is 4.15. The molecule has 4 heteroatoms. The molecule has 14 heavy (non-hydrogen) atoms. The van der Waals surface area contributed by atoms with Crippen LogP contribution in [-0.2, 0) is 18.6 Å². The SMILES string of the molecule is CCC(CC)C1=[C-]CC=C1.[Cl-].[Cl-].[Cl-].[V+4]. The van der Waals surface area contributed by atoms with Crippen LogP contribution in [-0.4, -0.2) is 0 Å². The average Bonchev–Trinajstić information content (AvgIpc) is 2.43. The molecule has 1 rings (SSSR count).